The Hall–Kier alpha value is -7.95. The van der Waals surface area contributed by atoms with E-state index in [4.69, 9.17) is 19.7 Å². The molecule has 0 fully saturated rings. The Balaban J connectivity index is 0.974. The lowest BCUT2D eigenvalue weighted by molar-refractivity contribution is 0.487. The zero-order chi connectivity index (χ0) is 39.6. The number of aromatic nitrogens is 3. The second-order valence-corrected chi connectivity index (χ2v) is 15.5. The normalized spacial score (nSPS) is 12.9. The van der Waals surface area contributed by atoms with Gasteiger partial charge in [0.1, 0.15) is 11.5 Å². The van der Waals surface area contributed by atoms with Gasteiger partial charge in [-0.25, -0.2) is 15.0 Å². The highest BCUT2D eigenvalue weighted by atomic mass is 16.5. The minimum atomic E-state index is -0.531. The van der Waals surface area contributed by atoms with Gasteiger partial charge in [-0.1, -0.05) is 188 Å². The van der Waals surface area contributed by atoms with E-state index >= 15 is 0 Å². The molecular formula is C56H35N3O. The van der Waals surface area contributed by atoms with E-state index in [-0.39, 0.29) is 0 Å². The van der Waals surface area contributed by atoms with Crippen molar-refractivity contribution in [2.75, 3.05) is 0 Å². The summed E-state index contributed by atoms with van der Waals surface area (Å²) >= 11 is 0. The quantitative estimate of drug-likeness (QED) is 0.169. The Labute approximate surface area is 348 Å². The van der Waals surface area contributed by atoms with Crippen LogP contribution in [0.3, 0.4) is 0 Å². The molecule has 0 unspecified atom stereocenters. The Morgan fingerprint density at radius 1 is 0.317 bits per heavy atom. The summed E-state index contributed by atoms with van der Waals surface area (Å²) in [4.78, 5) is 15.5. The van der Waals surface area contributed by atoms with Crippen LogP contribution in [0, 0.1) is 0 Å². The molecule has 1 aromatic heterocycles. The van der Waals surface area contributed by atoms with Crippen molar-refractivity contribution in [3.63, 3.8) is 0 Å². The number of hydrogen-bond donors (Lipinski definition) is 0. The highest BCUT2D eigenvalue weighted by molar-refractivity contribution is 6.04. The summed E-state index contributed by atoms with van der Waals surface area (Å²) in [6.07, 6.45) is 0. The third kappa shape index (κ3) is 5.28. The third-order valence-electron chi connectivity index (χ3n) is 12.2. The Morgan fingerprint density at radius 3 is 1.55 bits per heavy atom. The molecule has 0 N–H and O–H groups in total. The fourth-order valence-electron chi connectivity index (χ4n) is 9.49. The zero-order valence-electron chi connectivity index (χ0n) is 32.5. The van der Waals surface area contributed by atoms with E-state index in [0.717, 1.165) is 50.3 Å². The maximum absolute atomic E-state index is 6.50. The lowest BCUT2D eigenvalue weighted by Crippen LogP contribution is -2.28. The first-order chi connectivity index (χ1) is 29.7. The highest BCUT2D eigenvalue weighted by Crippen LogP contribution is 2.56. The molecule has 0 amide bonds. The molecule has 0 atom stereocenters. The average Bonchev–Trinajstić information content (AvgIpc) is 3.63. The Kier molecular flexibility index (Phi) is 7.72. The van der Waals surface area contributed by atoms with E-state index in [9.17, 15) is 0 Å². The summed E-state index contributed by atoms with van der Waals surface area (Å²) < 4.78 is 6.50. The number of ether oxygens (including phenoxy) is 1. The van der Waals surface area contributed by atoms with Crippen LogP contribution in [-0.2, 0) is 5.41 Å². The van der Waals surface area contributed by atoms with Gasteiger partial charge < -0.3 is 4.74 Å². The number of fused-ring (bicyclic) bond motifs is 5. The topological polar surface area (TPSA) is 47.9 Å². The minimum Gasteiger partial charge on any atom is -0.456 e. The number of hydrogen-bond acceptors (Lipinski definition) is 4. The largest absolute Gasteiger partial charge is 0.456 e. The molecule has 1 aliphatic carbocycles. The van der Waals surface area contributed by atoms with Crippen molar-refractivity contribution in [2.45, 2.75) is 5.41 Å². The van der Waals surface area contributed by atoms with Gasteiger partial charge in [0.05, 0.1) is 5.41 Å². The van der Waals surface area contributed by atoms with E-state index in [1.807, 2.05) is 24.3 Å². The molecule has 0 spiro atoms. The van der Waals surface area contributed by atoms with E-state index in [1.165, 1.54) is 44.3 Å². The molecule has 4 heteroatoms. The first-order valence-corrected chi connectivity index (χ1v) is 20.3. The molecule has 0 saturated heterocycles. The summed E-state index contributed by atoms with van der Waals surface area (Å²) in [6.45, 7) is 0. The Bertz CT molecular complexity index is 3230. The van der Waals surface area contributed by atoms with Gasteiger partial charge in [-0.2, -0.15) is 0 Å². The molecule has 1 aliphatic heterocycles. The van der Waals surface area contributed by atoms with Crippen LogP contribution in [0.1, 0.15) is 22.3 Å². The minimum absolute atomic E-state index is 0.531. The maximum Gasteiger partial charge on any atom is 0.164 e. The van der Waals surface area contributed by atoms with Gasteiger partial charge in [0, 0.05) is 27.6 Å². The number of nitrogens with zero attached hydrogens (tertiary/aromatic N) is 3. The van der Waals surface area contributed by atoms with Gasteiger partial charge in [-0.3, -0.25) is 0 Å². The van der Waals surface area contributed by atoms with E-state index < -0.39 is 5.41 Å². The monoisotopic (exact) mass is 765 g/mol. The molecule has 60 heavy (non-hydrogen) atoms. The standard InChI is InChI=1S/C56H35N3O/c1-4-14-38(15-5-1)53-57-54(39-28-26-36(27-29-39)40-30-33-46-47-23-12-16-37-17-13-25-50(52(37)47)60-51(46)35-40)59-55(58-53)41-31-32-45-44-22-10-11-24-48(44)56(49(45)34-41,42-18-6-2-7-19-42)43-20-8-3-9-21-43/h1-35H. The number of rotatable bonds is 6. The van der Waals surface area contributed by atoms with E-state index in [1.54, 1.807) is 0 Å². The summed E-state index contributed by atoms with van der Waals surface area (Å²) in [5.41, 5.74) is 14.1. The van der Waals surface area contributed by atoms with Crippen LogP contribution in [-0.4, -0.2) is 15.0 Å². The molecular weight excluding hydrogens is 731 g/mol. The van der Waals surface area contributed by atoms with Gasteiger partial charge in [0.25, 0.3) is 0 Å². The van der Waals surface area contributed by atoms with Gasteiger partial charge in [0.15, 0.2) is 17.5 Å². The molecule has 9 aromatic carbocycles. The van der Waals surface area contributed by atoms with Crippen LogP contribution >= 0.6 is 0 Å². The molecule has 0 bridgehead atoms. The molecule has 2 heterocycles. The van der Waals surface area contributed by atoms with Crippen molar-refractivity contribution in [1.82, 2.24) is 15.0 Å². The van der Waals surface area contributed by atoms with Crippen molar-refractivity contribution in [2.24, 2.45) is 0 Å². The molecule has 4 nitrogen and oxygen atoms in total. The number of benzene rings is 9. The fourth-order valence-corrected chi connectivity index (χ4v) is 9.49. The van der Waals surface area contributed by atoms with Crippen molar-refractivity contribution >= 4 is 10.8 Å². The smallest absolute Gasteiger partial charge is 0.164 e. The SMILES string of the molecule is c1ccc(-c2nc(-c3ccc(-c4ccc5c(c4)Oc4cccc6cccc-5c46)cc3)nc(-c3ccc4c(c3)C(c3ccccc3)(c3ccccc3)c3ccccc3-4)n2)cc1. The molecule has 12 rings (SSSR count). The molecule has 280 valence electrons. The zero-order valence-corrected chi connectivity index (χ0v) is 32.5. The summed E-state index contributed by atoms with van der Waals surface area (Å²) in [5.74, 6) is 3.62. The van der Waals surface area contributed by atoms with Crippen LogP contribution in [0.4, 0.5) is 0 Å². The van der Waals surface area contributed by atoms with Crippen molar-refractivity contribution < 1.29 is 4.74 Å². The van der Waals surface area contributed by atoms with Crippen LogP contribution in [0.15, 0.2) is 212 Å². The lowest BCUT2D eigenvalue weighted by Gasteiger charge is -2.34. The second kappa shape index (κ2) is 13.6. The lowest BCUT2D eigenvalue weighted by atomic mass is 9.67. The maximum atomic E-state index is 6.50. The predicted molar refractivity (Wildman–Crippen MR) is 242 cm³/mol. The molecule has 0 saturated carbocycles. The molecule has 10 aromatic rings. The van der Waals surface area contributed by atoms with Gasteiger partial charge in [0.2, 0.25) is 0 Å². The Morgan fingerprint density at radius 2 is 0.833 bits per heavy atom. The van der Waals surface area contributed by atoms with Crippen molar-refractivity contribution in [3.05, 3.63) is 235 Å². The van der Waals surface area contributed by atoms with Crippen molar-refractivity contribution in [3.8, 4) is 79.0 Å². The predicted octanol–water partition coefficient (Wildman–Crippen LogP) is 13.8. The first-order valence-electron chi connectivity index (χ1n) is 20.3. The molecule has 2 aliphatic rings. The van der Waals surface area contributed by atoms with Crippen molar-refractivity contribution in [1.29, 1.82) is 0 Å². The highest BCUT2D eigenvalue weighted by Gasteiger charge is 2.46. The second-order valence-electron chi connectivity index (χ2n) is 15.5. The fraction of sp³-hybridized carbons (Fsp3) is 0.0179. The average molecular weight is 766 g/mol. The van der Waals surface area contributed by atoms with E-state index in [0.29, 0.717) is 17.5 Å². The van der Waals surface area contributed by atoms with Gasteiger partial charge in [-0.05, 0) is 79.7 Å². The van der Waals surface area contributed by atoms with Crippen LogP contribution in [0.25, 0.3) is 78.3 Å². The van der Waals surface area contributed by atoms with E-state index in [2.05, 4.69) is 188 Å². The third-order valence-corrected chi connectivity index (χ3v) is 12.2. The molecule has 0 radical (unpaired) electrons. The van der Waals surface area contributed by atoms with Crippen LogP contribution in [0.5, 0.6) is 11.5 Å². The summed E-state index contributed by atoms with van der Waals surface area (Å²) in [5, 5.41) is 2.34. The van der Waals surface area contributed by atoms with Gasteiger partial charge in [-0.15, -0.1) is 0 Å². The summed E-state index contributed by atoms with van der Waals surface area (Å²) in [6, 6.07) is 75.1. The summed E-state index contributed by atoms with van der Waals surface area (Å²) in [7, 11) is 0. The van der Waals surface area contributed by atoms with Gasteiger partial charge >= 0.3 is 0 Å². The first kappa shape index (κ1) is 34.1. The van der Waals surface area contributed by atoms with Crippen LogP contribution < -0.4 is 4.74 Å². The van der Waals surface area contributed by atoms with Crippen LogP contribution in [0.2, 0.25) is 0 Å².